The number of halogens is 4. The van der Waals surface area contributed by atoms with Crippen molar-refractivity contribution in [3.05, 3.63) is 0 Å². The predicted molar refractivity (Wildman–Crippen MR) is 63.8 cm³/mol. The molecule has 1 fully saturated rings. The zero-order valence-corrected chi connectivity index (χ0v) is 11.1. The normalized spacial score (nSPS) is 20.2. The fourth-order valence-electron chi connectivity index (χ4n) is 1.99. The van der Waals surface area contributed by atoms with Crippen molar-refractivity contribution in [1.82, 2.24) is 10.2 Å². The fraction of sp³-hybridized carbons (Fsp3) is 0.818. The van der Waals surface area contributed by atoms with Crippen LogP contribution in [-0.4, -0.2) is 47.9 Å². The summed E-state index contributed by atoms with van der Waals surface area (Å²) in [7, 11) is 0. The molecule has 0 radical (unpaired) electrons. The van der Waals surface area contributed by atoms with E-state index in [2.05, 4.69) is 5.32 Å². The van der Waals surface area contributed by atoms with E-state index in [9.17, 15) is 22.8 Å². The molecule has 110 valence electrons. The molecular weight excluding hydrogens is 285 g/mol. The largest absolute Gasteiger partial charge is 0.389 e. The van der Waals surface area contributed by atoms with Crippen LogP contribution >= 0.6 is 11.6 Å². The van der Waals surface area contributed by atoms with Crippen LogP contribution in [-0.2, 0) is 9.59 Å². The summed E-state index contributed by atoms with van der Waals surface area (Å²) in [6, 6.07) is -0.227. The van der Waals surface area contributed by atoms with Gasteiger partial charge in [-0.1, -0.05) is 0 Å². The lowest BCUT2D eigenvalue weighted by atomic mass is 10.0. The van der Waals surface area contributed by atoms with Gasteiger partial charge in [0.25, 0.3) is 0 Å². The highest BCUT2D eigenvalue weighted by molar-refractivity contribution is 6.27. The summed E-state index contributed by atoms with van der Waals surface area (Å²) in [5.74, 6) is -1.03. The fourth-order valence-corrected chi connectivity index (χ4v) is 2.07. The highest BCUT2D eigenvalue weighted by atomic mass is 35.5. The van der Waals surface area contributed by atoms with Gasteiger partial charge < -0.3 is 10.2 Å². The Hall–Kier alpha value is -0.980. The Morgan fingerprint density at radius 2 is 2.05 bits per heavy atom. The predicted octanol–water partition coefficient (Wildman–Crippen LogP) is 1.67. The molecule has 1 N–H and O–H groups in total. The number of nitrogens with zero attached hydrogens (tertiary/aromatic N) is 1. The third kappa shape index (κ3) is 6.13. The Bertz CT molecular complexity index is 336. The molecular formula is C11H16ClF3N2O2. The molecule has 4 nitrogen and oxygen atoms in total. The second-order valence-corrected chi connectivity index (χ2v) is 4.76. The zero-order valence-electron chi connectivity index (χ0n) is 10.3. The number of piperidine rings is 1. The molecule has 1 saturated heterocycles. The molecule has 0 unspecified atom stereocenters. The van der Waals surface area contributed by atoms with E-state index in [1.165, 1.54) is 4.90 Å². The van der Waals surface area contributed by atoms with E-state index in [-0.39, 0.29) is 24.4 Å². The van der Waals surface area contributed by atoms with Gasteiger partial charge in [-0.05, 0) is 12.8 Å². The minimum Gasteiger partial charge on any atom is -0.351 e. The molecule has 0 aliphatic carbocycles. The molecule has 2 amide bonds. The number of likely N-dealkylation sites (tertiary alicyclic amines) is 1. The van der Waals surface area contributed by atoms with Gasteiger partial charge in [0.05, 0.1) is 6.42 Å². The Morgan fingerprint density at radius 3 is 2.63 bits per heavy atom. The molecule has 8 heteroatoms. The van der Waals surface area contributed by atoms with Gasteiger partial charge in [-0.15, -0.1) is 11.6 Å². The molecule has 0 saturated carbocycles. The van der Waals surface area contributed by atoms with Crippen LogP contribution in [0.25, 0.3) is 0 Å². The summed E-state index contributed by atoms with van der Waals surface area (Å²) in [5, 5.41) is 2.64. The van der Waals surface area contributed by atoms with Gasteiger partial charge in [0, 0.05) is 25.6 Å². The minimum atomic E-state index is -4.32. The van der Waals surface area contributed by atoms with Crippen molar-refractivity contribution in [2.24, 2.45) is 0 Å². The van der Waals surface area contributed by atoms with Crippen molar-refractivity contribution in [3.63, 3.8) is 0 Å². The summed E-state index contributed by atoms with van der Waals surface area (Å²) < 4.78 is 36.1. The molecule has 1 aliphatic heterocycles. The third-order valence-electron chi connectivity index (χ3n) is 2.88. The van der Waals surface area contributed by atoms with E-state index in [4.69, 9.17) is 11.6 Å². The van der Waals surface area contributed by atoms with E-state index < -0.39 is 24.9 Å². The average molecular weight is 301 g/mol. The van der Waals surface area contributed by atoms with Crippen molar-refractivity contribution in [2.75, 3.05) is 19.0 Å². The average Bonchev–Trinajstić information content (AvgIpc) is 2.35. The molecule has 0 aromatic rings. The van der Waals surface area contributed by atoms with Gasteiger partial charge in [-0.3, -0.25) is 9.59 Å². The number of carbonyl (C=O) groups is 2. The van der Waals surface area contributed by atoms with Crippen molar-refractivity contribution in [2.45, 2.75) is 37.9 Å². The van der Waals surface area contributed by atoms with Crippen molar-refractivity contribution in [1.29, 1.82) is 0 Å². The van der Waals surface area contributed by atoms with E-state index in [1.54, 1.807) is 0 Å². The van der Waals surface area contributed by atoms with Crippen LogP contribution < -0.4 is 5.32 Å². The maximum absolute atomic E-state index is 12.0. The Balaban J connectivity index is 2.41. The lowest BCUT2D eigenvalue weighted by Gasteiger charge is -2.33. The number of alkyl halides is 4. The van der Waals surface area contributed by atoms with Crippen molar-refractivity contribution in [3.8, 4) is 0 Å². The van der Waals surface area contributed by atoms with E-state index in [0.717, 1.165) is 0 Å². The summed E-state index contributed by atoms with van der Waals surface area (Å²) in [4.78, 5) is 24.1. The zero-order chi connectivity index (χ0) is 14.5. The number of hydrogen-bond acceptors (Lipinski definition) is 2. The Morgan fingerprint density at radius 1 is 1.37 bits per heavy atom. The molecule has 0 bridgehead atoms. The summed E-state index contributed by atoms with van der Waals surface area (Å²) in [6.07, 6.45) is -4.62. The Labute approximate surface area is 114 Å². The van der Waals surface area contributed by atoms with Crippen LogP contribution in [0.5, 0.6) is 0 Å². The Kier molecular flexibility index (Phi) is 5.90. The standard InChI is InChI=1S/C11H16ClF3N2O2/c12-6-9(18)16-8-2-1-5-17(7-8)10(19)3-4-11(13,14)15/h8H,1-7H2,(H,16,18)/t8-/m1/s1. The second-order valence-electron chi connectivity index (χ2n) is 4.50. The van der Waals surface area contributed by atoms with Gasteiger partial charge >= 0.3 is 6.18 Å². The van der Waals surface area contributed by atoms with Crippen LogP contribution in [0.1, 0.15) is 25.7 Å². The number of carbonyl (C=O) groups excluding carboxylic acids is 2. The van der Waals surface area contributed by atoms with Gasteiger partial charge in [0.1, 0.15) is 5.88 Å². The molecule has 1 atom stereocenters. The highest BCUT2D eigenvalue weighted by Gasteiger charge is 2.30. The van der Waals surface area contributed by atoms with Crippen LogP contribution in [0.15, 0.2) is 0 Å². The number of hydrogen-bond donors (Lipinski definition) is 1. The number of rotatable bonds is 4. The van der Waals surface area contributed by atoms with Gasteiger partial charge in [-0.2, -0.15) is 13.2 Å². The quantitative estimate of drug-likeness (QED) is 0.803. The van der Waals surface area contributed by atoms with E-state index >= 15 is 0 Å². The van der Waals surface area contributed by atoms with Crippen LogP contribution in [0.3, 0.4) is 0 Å². The van der Waals surface area contributed by atoms with Crippen LogP contribution in [0.2, 0.25) is 0 Å². The maximum Gasteiger partial charge on any atom is 0.389 e. The maximum atomic E-state index is 12.0. The molecule has 19 heavy (non-hydrogen) atoms. The third-order valence-corrected chi connectivity index (χ3v) is 3.13. The molecule has 0 aromatic heterocycles. The molecule has 0 spiro atoms. The molecule has 0 aromatic carbocycles. The van der Waals surface area contributed by atoms with Crippen molar-refractivity contribution >= 4 is 23.4 Å². The smallest absolute Gasteiger partial charge is 0.351 e. The first-order valence-electron chi connectivity index (χ1n) is 6.01. The first kappa shape index (κ1) is 16.1. The number of amides is 2. The summed E-state index contributed by atoms with van der Waals surface area (Å²) in [5.41, 5.74) is 0. The second kappa shape index (κ2) is 6.98. The summed E-state index contributed by atoms with van der Waals surface area (Å²) >= 11 is 5.35. The monoisotopic (exact) mass is 300 g/mol. The van der Waals surface area contributed by atoms with Gasteiger partial charge in [-0.25, -0.2) is 0 Å². The minimum absolute atomic E-state index is 0.168. The summed E-state index contributed by atoms with van der Waals surface area (Å²) in [6.45, 7) is 0.684. The SMILES string of the molecule is O=C(CCl)N[C@@H]1CCCN(C(=O)CCC(F)(F)F)C1. The lowest BCUT2D eigenvalue weighted by molar-refractivity contribution is -0.149. The topological polar surface area (TPSA) is 49.4 Å². The lowest BCUT2D eigenvalue weighted by Crippen LogP contribution is -2.50. The molecule has 1 aliphatic rings. The van der Waals surface area contributed by atoms with Gasteiger partial charge in [0.2, 0.25) is 11.8 Å². The van der Waals surface area contributed by atoms with Crippen LogP contribution in [0, 0.1) is 0 Å². The molecule has 1 heterocycles. The van der Waals surface area contributed by atoms with E-state index in [0.29, 0.717) is 19.4 Å². The van der Waals surface area contributed by atoms with Crippen LogP contribution in [0.4, 0.5) is 13.2 Å². The van der Waals surface area contributed by atoms with E-state index in [1.807, 2.05) is 0 Å². The highest BCUT2D eigenvalue weighted by Crippen LogP contribution is 2.22. The first-order valence-corrected chi connectivity index (χ1v) is 6.55. The first-order chi connectivity index (χ1) is 8.81. The van der Waals surface area contributed by atoms with Crippen molar-refractivity contribution < 1.29 is 22.8 Å². The van der Waals surface area contributed by atoms with Gasteiger partial charge in [0.15, 0.2) is 0 Å². The number of nitrogens with one attached hydrogen (secondary N) is 1. The molecule has 1 rings (SSSR count).